The lowest BCUT2D eigenvalue weighted by Gasteiger charge is -2.11. The van der Waals surface area contributed by atoms with E-state index >= 15 is 0 Å². The van der Waals surface area contributed by atoms with E-state index in [0.717, 1.165) is 17.7 Å². The molecular weight excluding hydrogens is 313 g/mol. The standard InChI is InChI=1S/C15H13F3N2O3/c1-23-12-5-2-10(3-6-12)9-19-13-7-4-11(15(16,17)18)8-14(13)20(21)22/h2-8,19H,9H2,1H3. The largest absolute Gasteiger partial charge is 0.497 e. The third kappa shape index (κ3) is 4.12. The number of hydrogen-bond acceptors (Lipinski definition) is 4. The zero-order chi connectivity index (χ0) is 17.0. The molecule has 2 rings (SSSR count). The van der Waals surface area contributed by atoms with Crippen molar-refractivity contribution in [2.45, 2.75) is 12.7 Å². The Kier molecular flexibility index (Phi) is 4.73. The summed E-state index contributed by atoms with van der Waals surface area (Å²) in [5.41, 5.74) is -0.841. The SMILES string of the molecule is COc1ccc(CNc2ccc(C(F)(F)F)cc2[N+](=O)[O-])cc1. The molecule has 8 heteroatoms. The molecule has 23 heavy (non-hydrogen) atoms. The summed E-state index contributed by atoms with van der Waals surface area (Å²) in [6.45, 7) is 0.232. The molecule has 0 bridgehead atoms. The zero-order valence-corrected chi connectivity index (χ0v) is 12.1. The molecule has 0 aliphatic carbocycles. The van der Waals surface area contributed by atoms with E-state index in [2.05, 4.69) is 5.32 Å². The van der Waals surface area contributed by atoms with Gasteiger partial charge in [-0.25, -0.2) is 0 Å². The Morgan fingerprint density at radius 1 is 1.17 bits per heavy atom. The van der Waals surface area contributed by atoms with Gasteiger partial charge in [0, 0.05) is 12.6 Å². The third-order valence-electron chi connectivity index (χ3n) is 3.16. The van der Waals surface area contributed by atoms with Gasteiger partial charge in [0.15, 0.2) is 0 Å². The van der Waals surface area contributed by atoms with E-state index in [1.54, 1.807) is 24.3 Å². The number of hydrogen-bond donors (Lipinski definition) is 1. The number of rotatable bonds is 5. The Bertz CT molecular complexity index is 700. The minimum atomic E-state index is -4.63. The topological polar surface area (TPSA) is 64.4 Å². The van der Waals surface area contributed by atoms with Crippen LogP contribution in [0.3, 0.4) is 0 Å². The number of nitro benzene ring substituents is 1. The van der Waals surface area contributed by atoms with Gasteiger partial charge in [0.25, 0.3) is 5.69 Å². The molecule has 122 valence electrons. The summed E-state index contributed by atoms with van der Waals surface area (Å²) in [5.74, 6) is 0.661. The van der Waals surface area contributed by atoms with E-state index < -0.39 is 22.4 Å². The first-order valence-corrected chi connectivity index (χ1v) is 6.53. The van der Waals surface area contributed by atoms with Gasteiger partial charge in [-0.2, -0.15) is 13.2 Å². The van der Waals surface area contributed by atoms with Crippen molar-refractivity contribution in [1.29, 1.82) is 0 Å². The van der Waals surface area contributed by atoms with Crippen molar-refractivity contribution in [2.24, 2.45) is 0 Å². The van der Waals surface area contributed by atoms with Crippen molar-refractivity contribution in [3.05, 3.63) is 63.7 Å². The first-order valence-electron chi connectivity index (χ1n) is 6.53. The van der Waals surface area contributed by atoms with Crippen LogP contribution in [0.15, 0.2) is 42.5 Å². The molecule has 0 aliphatic rings. The maximum Gasteiger partial charge on any atom is 0.416 e. The van der Waals surface area contributed by atoms with Gasteiger partial charge in [0.2, 0.25) is 0 Å². The second-order valence-corrected chi connectivity index (χ2v) is 4.69. The van der Waals surface area contributed by atoms with Gasteiger partial charge >= 0.3 is 6.18 Å². The first-order chi connectivity index (χ1) is 10.8. The first kappa shape index (κ1) is 16.6. The van der Waals surface area contributed by atoms with E-state index in [0.29, 0.717) is 11.8 Å². The van der Waals surface area contributed by atoms with Crippen LogP contribution in [0.1, 0.15) is 11.1 Å². The molecule has 0 heterocycles. The number of anilines is 1. The molecule has 5 nitrogen and oxygen atoms in total. The number of halogens is 3. The van der Waals surface area contributed by atoms with E-state index in [-0.39, 0.29) is 12.2 Å². The minimum absolute atomic E-state index is 0.0267. The van der Waals surface area contributed by atoms with Crippen LogP contribution < -0.4 is 10.1 Å². The number of alkyl halides is 3. The van der Waals surface area contributed by atoms with Gasteiger partial charge in [0.1, 0.15) is 11.4 Å². The number of nitrogens with one attached hydrogen (secondary N) is 1. The lowest BCUT2D eigenvalue weighted by Crippen LogP contribution is -2.08. The van der Waals surface area contributed by atoms with E-state index in [9.17, 15) is 23.3 Å². The molecule has 2 aromatic carbocycles. The van der Waals surface area contributed by atoms with E-state index in [1.807, 2.05) is 0 Å². The Hall–Kier alpha value is -2.77. The van der Waals surface area contributed by atoms with Gasteiger partial charge in [0.05, 0.1) is 17.6 Å². The summed E-state index contributed by atoms with van der Waals surface area (Å²) in [6, 6.07) is 9.34. The molecule has 0 aliphatic heterocycles. The average molecular weight is 326 g/mol. The zero-order valence-electron chi connectivity index (χ0n) is 12.1. The summed E-state index contributed by atoms with van der Waals surface area (Å²) in [6.07, 6.45) is -4.63. The highest BCUT2D eigenvalue weighted by Gasteiger charge is 2.32. The maximum absolute atomic E-state index is 12.6. The van der Waals surface area contributed by atoms with Crippen LogP contribution in [0.4, 0.5) is 24.5 Å². The molecule has 0 spiro atoms. The lowest BCUT2D eigenvalue weighted by atomic mass is 10.1. The second-order valence-electron chi connectivity index (χ2n) is 4.69. The molecule has 0 radical (unpaired) electrons. The summed E-state index contributed by atoms with van der Waals surface area (Å²) in [4.78, 5) is 10.1. The minimum Gasteiger partial charge on any atom is -0.497 e. The molecule has 2 aromatic rings. The van der Waals surface area contributed by atoms with Crippen LogP contribution >= 0.6 is 0 Å². The lowest BCUT2D eigenvalue weighted by molar-refractivity contribution is -0.384. The Balaban J connectivity index is 2.19. The quantitative estimate of drug-likeness (QED) is 0.659. The van der Waals surface area contributed by atoms with Crippen LogP contribution in [-0.4, -0.2) is 12.0 Å². The van der Waals surface area contributed by atoms with Crippen LogP contribution in [0.2, 0.25) is 0 Å². The summed E-state index contributed by atoms with van der Waals surface area (Å²) < 4.78 is 42.9. The van der Waals surface area contributed by atoms with Crippen molar-refractivity contribution in [1.82, 2.24) is 0 Å². The Labute approximate surface area is 129 Å². The fraction of sp³-hybridized carbons (Fsp3) is 0.200. The van der Waals surface area contributed by atoms with Crippen molar-refractivity contribution >= 4 is 11.4 Å². The number of methoxy groups -OCH3 is 1. The number of ether oxygens (including phenoxy) is 1. The van der Waals surface area contributed by atoms with Gasteiger partial charge in [-0.05, 0) is 29.8 Å². The molecule has 0 atom stereocenters. The molecule has 0 fully saturated rings. The molecule has 0 amide bonds. The molecular formula is C15H13F3N2O3. The second kappa shape index (κ2) is 6.55. The van der Waals surface area contributed by atoms with Gasteiger partial charge in [-0.1, -0.05) is 12.1 Å². The van der Waals surface area contributed by atoms with Crippen molar-refractivity contribution in [3.8, 4) is 5.75 Å². The highest BCUT2D eigenvalue weighted by Crippen LogP contribution is 2.35. The monoisotopic (exact) mass is 326 g/mol. The normalized spacial score (nSPS) is 11.1. The molecule has 0 saturated heterocycles. The molecule has 0 unspecified atom stereocenters. The fourth-order valence-corrected chi connectivity index (χ4v) is 1.95. The van der Waals surface area contributed by atoms with Crippen molar-refractivity contribution in [2.75, 3.05) is 12.4 Å². The predicted octanol–water partition coefficient (Wildman–Crippen LogP) is 4.23. The Morgan fingerprint density at radius 2 is 1.83 bits per heavy atom. The van der Waals surface area contributed by atoms with Crippen LogP contribution in [0.5, 0.6) is 5.75 Å². The highest BCUT2D eigenvalue weighted by molar-refractivity contribution is 5.63. The van der Waals surface area contributed by atoms with Crippen LogP contribution in [-0.2, 0) is 12.7 Å². The highest BCUT2D eigenvalue weighted by atomic mass is 19.4. The van der Waals surface area contributed by atoms with E-state index in [1.165, 1.54) is 7.11 Å². The summed E-state index contributed by atoms with van der Waals surface area (Å²) >= 11 is 0. The number of nitro groups is 1. The van der Waals surface area contributed by atoms with Crippen LogP contribution in [0, 0.1) is 10.1 Å². The van der Waals surface area contributed by atoms with Gasteiger partial charge in [-0.3, -0.25) is 10.1 Å². The van der Waals surface area contributed by atoms with Crippen molar-refractivity contribution < 1.29 is 22.8 Å². The van der Waals surface area contributed by atoms with Crippen molar-refractivity contribution in [3.63, 3.8) is 0 Å². The smallest absolute Gasteiger partial charge is 0.416 e. The maximum atomic E-state index is 12.6. The van der Waals surface area contributed by atoms with Gasteiger partial charge < -0.3 is 10.1 Å². The average Bonchev–Trinajstić information content (AvgIpc) is 2.52. The molecule has 0 aromatic heterocycles. The van der Waals surface area contributed by atoms with Gasteiger partial charge in [-0.15, -0.1) is 0 Å². The number of nitrogens with zero attached hydrogens (tertiary/aromatic N) is 1. The predicted molar refractivity (Wildman–Crippen MR) is 78.4 cm³/mol. The molecule has 0 saturated carbocycles. The number of benzene rings is 2. The summed E-state index contributed by atoms with van der Waals surface area (Å²) in [5, 5.41) is 13.8. The Morgan fingerprint density at radius 3 is 2.35 bits per heavy atom. The van der Waals surface area contributed by atoms with E-state index in [4.69, 9.17) is 4.74 Å². The fourth-order valence-electron chi connectivity index (χ4n) is 1.95. The van der Waals surface area contributed by atoms with Crippen LogP contribution in [0.25, 0.3) is 0 Å². The summed E-state index contributed by atoms with van der Waals surface area (Å²) in [7, 11) is 1.53. The molecule has 1 N–H and O–H groups in total. The third-order valence-corrected chi connectivity index (χ3v) is 3.16.